The maximum Gasteiger partial charge on any atom is 0.332 e. The molecule has 4 N–H and O–H groups in total. The molecule has 0 saturated heterocycles. The van der Waals surface area contributed by atoms with Crippen molar-refractivity contribution in [3.63, 3.8) is 0 Å². The number of hydrogen-bond acceptors (Lipinski definition) is 4. The van der Waals surface area contributed by atoms with Gasteiger partial charge < -0.3 is 11.1 Å². The molecule has 1 aliphatic rings. The normalized spacial score (nSPS) is 12.9. The fourth-order valence-electron chi connectivity index (χ4n) is 2.07. The predicted molar refractivity (Wildman–Crippen MR) is 85.2 cm³/mol. The van der Waals surface area contributed by atoms with Gasteiger partial charge in [-0.15, -0.1) is 0 Å². The van der Waals surface area contributed by atoms with E-state index in [0.29, 0.717) is 5.71 Å². The molecular formula is C15H14N4OS. The van der Waals surface area contributed by atoms with Crippen molar-refractivity contribution in [3.8, 4) is 0 Å². The van der Waals surface area contributed by atoms with E-state index >= 15 is 0 Å². The summed E-state index contributed by atoms with van der Waals surface area (Å²) in [7, 11) is 0. The fourth-order valence-corrected chi connectivity index (χ4v) is 3.04. The van der Waals surface area contributed by atoms with E-state index in [1.165, 1.54) is 4.90 Å². The van der Waals surface area contributed by atoms with E-state index in [-0.39, 0.29) is 0 Å². The number of hydrogen-bond donors (Lipinski definition) is 3. The van der Waals surface area contributed by atoms with Gasteiger partial charge in [-0.25, -0.2) is 10.2 Å². The molecule has 3 rings (SSSR count). The van der Waals surface area contributed by atoms with Crippen LogP contribution in [-0.2, 0) is 0 Å². The molecule has 2 aromatic rings. The molecule has 0 unspecified atom stereocenters. The third kappa shape index (κ3) is 2.85. The summed E-state index contributed by atoms with van der Waals surface area (Å²) in [6.07, 6.45) is 0. The molecule has 5 nitrogen and oxygen atoms in total. The molecule has 0 fully saturated rings. The van der Waals surface area contributed by atoms with Crippen LogP contribution < -0.4 is 16.5 Å². The van der Waals surface area contributed by atoms with E-state index in [0.717, 1.165) is 21.8 Å². The van der Waals surface area contributed by atoms with E-state index in [4.69, 9.17) is 5.73 Å². The van der Waals surface area contributed by atoms with Crippen LogP contribution in [0.25, 0.3) is 0 Å². The number of nitrogens with zero attached hydrogens (tertiary/aromatic N) is 1. The molecule has 1 heterocycles. The highest BCUT2D eigenvalue weighted by Gasteiger charge is 2.15. The van der Waals surface area contributed by atoms with Gasteiger partial charge in [-0.3, -0.25) is 0 Å². The van der Waals surface area contributed by atoms with Crippen molar-refractivity contribution in [2.45, 2.75) is 16.7 Å². The van der Waals surface area contributed by atoms with Crippen molar-refractivity contribution in [2.24, 2.45) is 10.8 Å². The number of fused-ring (bicyclic) bond motifs is 2. The zero-order valence-corrected chi connectivity index (χ0v) is 12.2. The molecule has 0 aliphatic carbocycles. The number of hydrazone groups is 1. The minimum Gasteiger partial charge on any atom is -0.354 e. The van der Waals surface area contributed by atoms with Crippen LogP contribution in [0.5, 0.6) is 0 Å². The van der Waals surface area contributed by atoms with Crippen molar-refractivity contribution in [1.82, 2.24) is 5.43 Å². The topological polar surface area (TPSA) is 79.5 Å². The Morgan fingerprint density at radius 2 is 1.95 bits per heavy atom. The molecular weight excluding hydrogens is 284 g/mol. The van der Waals surface area contributed by atoms with Crippen LogP contribution in [-0.4, -0.2) is 11.7 Å². The van der Waals surface area contributed by atoms with Crippen LogP contribution >= 0.6 is 11.8 Å². The lowest BCUT2D eigenvalue weighted by atomic mass is 10.1. The number of carbonyl (C=O) groups is 1. The Hall–Kier alpha value is -2.47. The SMILES string of the molecule is C/C(=N\NC(N)=O)c1ccc2c(c1)Nc1ccccc1S2. The lowest BCUT2D eigenvalue weighted by molar-refractivity contribution is 0.249. The number of nitrogens with one attached hydrogen (secondary N) is 2. The van der Waals surface area contributed by atoms with Crippen LogP contribution in [0.1, 0.15) is 12.5 Å². The van der Waals surface area contributed by atoms with Crippen molar-refractivity contribution >= 4 is 34.9 Å². The number of rotatable bonds is 2. The monoisotopic (exact) mass is 298 g/mol. The van der Waals surface area contributed by atoms with Gasteiger partial charge in [-0.1, -0.05) is 30.0 Å². The Morgan fingerprint density at radius 1 is 1.19 bits per heavy atom. The largest absolute Gasteiger partial charge is 0.354 e. The number of anilines is 2. The van der Waals surface area contributed by atoms with Gasteiger partial charge in [0, 0.05) is 9.79 Å². The molecule has 21 heavy (non-hydrogen) atoms. The summed E-state index contributed by atoms with van der Waals surface area (Å²) in [5, 5.41) is 7.36. The number of primary amides is 1. The summed E-state index contributed by atoms with van der Waals surface area (Å²) in [5.74, 6) is 0. The number of benzene rings is 2. The molecule has 0 bridgehead atoms. The van der Waals surface area contributed by atoms with Crippen LogP contribution in [0.4, 0.5) is 16.2 Å². The summed E-state index contributed by atoms with van der Waals surface area (Å²) < 4.78 is 0. The molecule has 0 radical (unpaired) electrons. The first-order valence-corrected chi connectivity index (χ1v) is 7.23. The Morgan fingerprint density at radius 3 is 2.76 bits per heavy atom. The van der Waals surface area contributed by atoms with Crippen molar-refractivity contribution in [3.05, 3.63) is 48.0 Å². The van der Waals surface area contributed by atoms with Gasteiger partial charge in [-0.05, 0) is 36.8 Å². The predicted octanol–water partition coefficient (Wildman–Crippen LogP) is 3.29. The maximum atomic E-state index is 10.7. The average molecular weight is 298 g/mol. The summed E-state index contributed by atoms with van der Waals surface area (Å²) in [5.41, 5.74) is 11.0. The summed E-state index contributed by atoms with van der Waals surface area (Å²) >= 11 is 1.73. The molecule has 0 atom stereocenters. The fraction of sp³-hybridized carbons (Fsp3) is 0.0667. The number of nitrogens with two attached hydrogens (primary N) is 1. The Bertz CT molecular complexity index is 742. The molecule has 0 saturated carbocycles. The highest BCUT2D eigenvalue weighted by molar-refractivity contribution is 7.99. The molecule has 0 aromatic heterocycles. The van der Waals surface area contributed by atoms with Crippen molar-refractivity contribution < 1.29 is 4.79 Å². The van der Waals surface area contributed by atoms with Gasteiger partial charge >= 0.3 is 6.03 Å². The highest BCUT2D eigenvalue weighted by Crippen LogP contribution is 2.44. The summed E-state index contributed by atoms with van der Waals surface area (Å²) in [4.78, 5) is 13.1. The second kappa shape index (κ2) is 5.49. The second-order valence-electron chi connectivity index (χ2n) is 4.61. The second-order valence-corrected chi connectivity index (χ2v) is 5.69. The number of para-hydroxylation sites is 1. The minimum atomic E-state index is -0.671. The van der Waals surface area contributed by atoms with Gasteiger partial charge in [-0.2, -0.15) is 5.10 Å². The number of amides is 2. The standard InChI is InChI=1S/C15H14N4OS/c1-9(18-19-15(16)20)10-6-7-14-12(8-10)17-11-4-2-3-5-13(11)21-14/h2-8,17H,1H3,(H3,16,19,20)/b18-9+. The van der Waals surface area contributed by atoms with Crippen LogP contribution in [0.3, 0.4) is 0 Å². The molecule has 6 heteroatoms. The van der Waals surface area contributed by atoms with E-state index in [9.17, 15) is 4.79 Å². The van der Waals surface area contributed by atoms with E-state index in [1.54, 1.807) is 11.8 Å². The molecule has 0 spiro atoms. The Balaban J connectivity index is 1.90. The minimum absolute atomic E-state index is 0.671. The number of urea groups is 1. The van der Waals surface area contributed by atoms with Crippen LogP contribution in [0, 0.1) is 0 Å². The lowest BCUT2D eigenvalue weighted by Gasteiger charge is -2.21. The van der Waals surface area contributed by atoms with Gasteiger partial charge in [0.2, 0.25) is 0 Å². The maximum absolute atomic E-state index is 10.7. The lowest BCUT2D eigenvalue weighted by Crippen LogP contribution is -2.25. The van der Waals surface area contributed by atoms with E-state index in [1.807, 2.05) is 43.3 Å². The highest BCUT2D eigenvalue weighted by atomic mass is 32.2. The Labute approximate surface area is 126 Å². The third-order valence-corrected chi connectivity index (χ3v) is 4.26. The average Bonchev–Trinajstić information content (AvgIpc) is 2.50. The number of carbonyl (C=O) groups excluding carboxylic acids is 1. The first kappa shape index (κ1) is 13.5. The quantitative estimate of drug-likeness (QED) is 0.502. The van der Waals surface area contributed by atoms with Crippen LogP contribution in [0.2, 0.25) is 0 Å². The van der Waals surface area contributed by atoms with Crippen molar-refractivity contribution in [1.29, 1.82) is 0 Å². The Kier molecular flexibility index (Phi) is 3.53. The van der Waals surface area contributed by atoms with E-state index in [2.05, 4.69) is 21.9 Å². The third-order valence-electron chi connectivity index (χ3n) is 3.11. The van der Waals surface area contributed by atoms with Crippen LogP contribution in [0.15, 0.2) is 57.4 Å². The zero-order chi connectivity index (χ0) is 14.8. The molecule has 1 aliphatic heterocycles. The van der Waals surface area contributed by atoms with Gasteiger partial charge in [0.25, 0.3) is 0 Å². The van der Waals surface area contributed by atoms with Gasteiger partial charge in [0.1, 0.15) is 0 Å². The van der Waals surface area contributed by atoms with Gasteiger partial charge in [0.15, 0.2) is 0 Å². The van der Waals surface area contributed by atoms with E-state index < -0.39 is 6.03 Å². The molecule has 2 amide bonds. The summed E-state index contributed by atoms with van der Waals surface area (Å²) in [6, 6.07) is 13.5. The van der Waals surface area contributed by atoms with Gasteiger partial charge in [0.05, 0.1) is 17.1 Å². The summed E-state index contributed by atoms with van der Waals surface area (Å²) in [6.45, 7) is 1.82. The zero-order valence-electron chi connectivity index (χ0n) is 11.4. The smallest absolute Gasteiger partial charge is 0.332 e. The molecule has 106 valence electrons. The molecule has 2 aromatic carbocycles. The first-order chi connectivity index (χ1) is 10.1. The van der Waals surface area contributed by atoms with Crippen molar-refractivity contribution in [2.75, 3.05) is 5.32 Å². The first-order valence-electron chi connectivity index (χ1n) is 6.41.